The minimum Gasteiger partial charge on any atom is -0.0952 e. The molecule has 0 aromatic heterocycles. The number of aryl methyl sites for hydroxylation is 2. The average molecular weight is 280 g/mol. The van der Waals surface area contributed by atoms with Crippen LogP contribution < -0.4 is 0 Å². The van der Waals surface area contributed by atoms with Gasteiger partial charge in [0.1, 0.15) is 0 Å². The summed E-state index contributed by atoms with van der Waals surface area (Å²) < 4.78 is 0. The predicted molar refractivity (Wildman–Crippen MR) is 95.2 cm³/mol. The van der Waals surface area contributed by atoms with E-state index >= 15 is 0 Å². The molecule has 0 N–H and O–H groups in total. The molecule has 0 unspecified atom stereocenters. The number of rotatable bonds is 5. The Hall–Kier alpha value is -1.56. The zero-order valence-corrected chi connectivity index (χ0v) is 14.2. The first-order valence-corrected chi connectivity index (χ1v) is 8.17. The molecule has 0 saturated carbocycles. The van der Waals surface area contributed by atoms with Crippen LogP contribution in [0.5, 0.6) is 0 Å². The smallest absolute Gasteiger partial charge is 0.00767 e. The summed E-state index contributed by atoms with van der Waals surface area (Å²) in [5.74, 6) is 0.557. The van der Waals surface area contributed by atoms with Crippen molar-refractivity contribution in [3.05, 3.63) is 53.1 Å². The summed E-state index contributed by atoms with van der Waals surface area (Å²) in [4.78, 5) is 0. The first-order valence-electron chi connectivity index (χ1n) is 8.17. The lowest BCUT2D eigenvalue weighted by atomic mass is 9.96. The molecule has 0 nitrogen and oxygen atoms in total. The van der Waals surface area contributed by atoms with E-state index in [9.17, 15) is 0 Å². The fourth-order valence-corrected chi connectivity index (χ4v) is 3.00. The van der Waals surface area contributed by atoms with E-state index in [4.69, 9.17) is 0 Å². The Labute approximate surface area is 130 Å². The molecule has 2 aliphatic rings. The maximum atomic E-state index is 4.34. The predicted octanol–water partition coefficient (Wildman–Crippen LogP) is 6.74. The minimum absolute atomic E-state index is 0.557. The highest BCUT2D eigenvalue weighted by Gasteiger charge is 2.17. The maximum Gasteiger partial charge on any atom is -0.00767 e. The third-order valence-electron chi connectivity index (χ3n) is 4.44. The largest absolute Gasteiger partial charge is 0.0952 e. The van der Waals surface area contributed by atoms with Crippen LogP contribution in [0.2, 0.25) is 0 Å². The monoisotopic (exact) mass is 280 g/mol. The third-order valence-corrected chi connectivity index (χ3v) is 4.44. The van der Waals surface area contributed by atoms with Crippen molar-refractivity contribution in [2.75, 3.05) is 0 Å². The van der Waals surface area contributed by atoms with Crippen LogP contribution >= 0.6 is 0 Å². The number of unbranched alkanes of at least 4 members (excludes halogenated alkanes) is 1. The van der Waals surface area contributed by atoms with Gasteiger partial charge in [-0.3, -0.25) is 0 Å². The third kappa shape index (κ3) is 3.20. The Kier molecular flexibility index (Phi) is 4.88. The Morgan fingerprint density at radius 2 is 1.81 bits per heavy atom. The Morgan fingerprint density at radius 1 is 1.10 bits per heavy atom. The molecule has 0 aromatic rings. The van der Waals surface area contributed by atoms with Gasteiger partial charge in [0.05, 0.1) is 0 Å². The molecule has 2 aliphatic carbocycles. The van der Waals surface area contributed by atoms with E-state index in [0.717, 1.165) is 6.42 Å². The van der Waals surface area contributed by atoms with Crippen LogP contribution in [-0.4, -0.2) is 0 Å². The van der Waals surface area contributed by atoms with Crippen molar-refractivity contribution in [3.63, 3.8) is 0 Å². The number of hydrogen-bond donors (Lipinski definition) is 0. The number of fused-ring (bicyclic) bond motifs is 1. The SMILES string of the molecule is C=C(CCCC)c1cc(C)c2cc(C(C)C)ccc(C)c1-2. The van der Waals surface area contributed by atoms with Crippen molar-refractivity contribution < 1.29 is 0 Å². The number of allylic oxidation sites excluding steroid dienone is 1. The van der Waals surface area contributed by atoms with Crippen molar-refractivity contribution in [3.8, 4) is 11.1 Å². The van der Waals surface area contributed by atoms with E-state index in [1.54, 1.807) is 0 Å². The van der Waals surface area contributed by atoms with Crippen LogP contribution in [0, 0.1) is 13.8 Å². The van der Waals surface area contributed by atoms with Crippen LogP contribution in [0.25, 0.3) is 16.7 Å². The normalized spacial score (nSPS) is 11.3. The van der Waals surface area contributed by atoms with E-state index in [1.807, 2.05) is 0 Å². The van der Waals surface area contributed by atoms with Crippen LogP contribution in [0.3, 0.4) is 0 Å². The van der Waals surface area contributed by atoms with E-state index in [1.165, 1.54) is 51.8 Å². The molecule has 0 bridgehead atoms. The molecule has 2 rings (SSSR count). The van der Waals surface area contributed by atoms with Gasteiger partial charge < -0.3 is 0 Å². The summed E-state index contributed by atoms with van der Waals surface area (Å²) >= 11 is 0. The van der Waals surface area contributed by atoms with Crippen molar-refractivity contribution in [1.29, 1.82) is 0 Å². The molecule has 21 heavy (non-hydrogen) atoms. The number of hydrogen-bond acceptors (Lipinski definition) is 0. The topological polar surface area (TPSA) is 0 Å². The van der Waals surface area contributed by atoms with Gasteiger partial charge in [0.15, 0.2) is 0 Å². The highest BCUT2D eigenvalue weighted by molar-refractivity contribution is 5.87. The highest BCUT2D eigenvalue weighted by atomic mass is 14.2. The van der Waals surface area contributed by atoms with Gasteiger partial charge >= 0.3 is 0 Å². The summed E-state index contributed by atoms with van der Waals surface area (Å²) in [6, 6.07) is 9.25. The standard InChI is InChI=1S/C21H28/c1-7-8-9-15(4)19-12-17(6)20-13-18(14(2)3)11-10-16(5)21(19)20/h10-14H,4,7-9H2,1-3,5-6H3. The molecule has 0 fully saturated rings. The van der Waals surface area contributed by atoms with E-state index < -0.39 is 0 Å². The zero-order chi connectivity index (χ0) is 15.6. The molecule has 112 valence electrons. The van der Waals surface area contributed by atoms with Gasteiger partial charge in [0, 0.05) is 0 Å². The van der Waals surface area contributed by atoms with Gasteiger partial charge in [-0.15, -0.1) is 0 Å². The molecule has 0 amide bonds. The zero-order valence-electron chi connectivity index (χ0n) is 14.2. The lowest BCUT2D eigenvalue weighted by Gasteiger charge is -2.08. The van der Waals surface area contributed by atoms with Crippen molar-refractivity contribution >= 4 is 5.57 Å². The Morgan fingerprint density at radius 3 is 2.43 bits per heavy atom. The molecule has 0 radical (unpaired) electrons. The van der Waals surface area contributed by atoms with Gasteiger partial charge in [0.2, 0.25) is 0 Å². The van der Waals surface area contributed by atoms with Gasteiger partial charge in [0.25, 0.3) is 0 Å². The Bertz CT molecular complexity index is 617. The van der Waals surface area contributed by atoms with Crippen molar-refractivity contribution in [2.24, 2.45) is 0 Å². The van der Waals surface area contributed by atoms with Gasteiger partial charge in [-0.25, -0.2) is 0 Å². The van der Waals surface area contributed by atoms with Gasteiger partial charge in [-0.05, 0) is 71.6 Å². The molecule has 0 heterocycles. The quantitative estimate of drug-likeness (QED) is 0.569. The molecule has 0 saturated heterocycles. The van der Waals surface area contributed by atoms with E-state index in [-0.39, 0.29) is 0 Å². The lowest BCUT2D eigenvalue weighted by molar-refractivity contribution is 0.825. The van der Waals surface area contributed by atoms with Crippen LogP contribution in [0.4, 0.5) is 0 Å². The van der Waals surface area contributed by atoms with E-state index in [2.05, 4.69) is 65.5 Å². The summed E-state index contributed by atoms with van der Waals surface area (Å²) in [7, 11) is 0. The highest BCUT2D eigenvalue weighted by Crippen LogP contribution is 2.39. The summed E-state index contributed by atoms with van der Waals surface area (Å²) in [5, 5.41) is 0. The first-order chi connectivity index (χ1) is 9.95. The fourth-order valence-electron chi connectivity index (χ4n) is 3.00. The second kappa shape index (κ2) is 6.47. The van der Waals surface area contributed by atoms with Crippen LogP contribution in [0.15, 0.2) is 30.8 Å². The molecule has 0 atom stereocenters. The molecular formula is C21H28. The molecule has 0 heteroatoms. The molecule has 0 aromatic carbocycles. The summed E-state index contributed by atoms with van der Waals surface area (Å²) in [5.41, 5.74) is 9.59. The second-order valence-corrected chi connectivity index (χ2v) is 6.55. The van der Waals surface area contributed by atoms with Crippen molar-refractivity contribution in [1.82, 2.24) is 0 Å². The van der Waals surface area contributed by atoms with Gasteiger partial charge in [-0.1, -0.05) is 58.0 Å². The second-order valence-electron chi connectivity index (χ2n) is 6.55. The summed E-state index contributed by atoms with van der Waals surface area (Å²) in [6.07, 6.45) is 3.55. The van der Waals surface area contributed by atoms with Crippen LogP contribution in [-0.2, 0) is 0 Å². The van der Waals surface area contributed by atoms with Crippen molar-refractivity contribution in [2.45, 2.75) is 59.8 Å². The molecule has 0 aliphatic heterocycles. The fraction of sp³-hybridized carbons (Fsp3) is 0.429. The minimum atomic E-state index is 0.557. The van der Waals surface area contributed by atoms with E-state index in [0.29, 0.717) is 5.92 Å². The average Bonchev–Trinajstić information content (AvgIpc) is 2.65. The van der Waals surface area contributed by atoms with Crippen LogP contribution in [0.1, 0.15) is 68.2 Å². The van der Waals surface area contributed by atoms with Gasteiger partial charge in [-0.2, -0.15) is 0 Å². The molecular weight excluding hydrogens is 252 g/mol. The Balaban J connectivity index is 2.56. The summed E-state index contributed by atoms with van der Waals surface area (Å²) in [6.45, 7) is 15.6. The lowest BCUT2D eigenvalue weighted by Crippen LogP contribution is -1.86. The molecule has 0 spiro atoms. The maximum absolute atomic E-state index is 4.34. The first kappa shape index (κ1) is 15.8.